The second-order valence-electron chi connectivity index (χ2n) is 5.24. The number of hydrogen-bond acceptors (Lipinski definition) is 2. The van der Waals surface area contributed by atoms with Gasteiger partial charge in [0, 0.05) is 27.2 Å². The first-order chi connectivity index (χ1) is 11.1. The van der Waals surface area contributed by atoms with E-state index in [0.29, 0.717) is 13.1 Å². The highest BCUT2D eigenvalue weighted by atomic mass is 127. The van der Waals surface area contributed by atoms with Gasteiger partial charge in [-0.05, 0) is 35.4 Å². The molecule has 2 rings (SSSR count). The van der Waals surface area contributed by atoms with E-state index < -0.39 is 0 Å². The molecule has 0 amide bonds. The van der Waals surface area contributed by atoms with Crippen LogP contribution in [0.25, 0.3) is 0 Å². The summed E-state index contributed by atoms with van der Waals surface area (Å²) in [6.07, 6.45) is 0. The molecule has 4 nitrogen and oxygen atoms in total. The minimum absolute atomic E-state index is 0. The van der Waals surface area contributed by atoms with Crippen LogP contribution in [0.3, 0.4) is 0 Å². The molecule has 6 heteroatoms. The summed E-state index contributed by atoms with van der Waals surface area (Å²) >= 11 is 0. The molecule has 1 N–H and O–H groups in total. The molecule has 0 saturated carbocycles. The number of guanidine groups is 1. The number of rotatable bonds is 5. The van der Waals surface area contributed by atoms with Crippen molar-refractivity contribution in [1.82, 2.24) is 10.2 Å². The Morgan fingerprint density at radius 3 is 2.54 bits per heavy atom. The molecule has 0 aromatic heterocycles. The number of halogens is 2. The zero-order valence-corrected chi connectivity index (χ0v) is 16.5. The Balaban J connectivity index is 0.00000288. The molecule has 0 heterocycles. The molecule has 0 aliphatic carbocycles. The number of aliphatic imine (C=N–C) groups is 1. The number of nitrogens with one attached hydrogen (secondary N) is 1. The number of benzene rings is 2. The quantitative estimate of drug-likeness (QED) is 0.436. The second-order valence-corrected chi connectivity index (χ2v) is 5.24. The van der Waals surface area contributed by atoms with Crippen molar-refractivity contribution < 1.29 is 9.13 Å². The van der Waals surface area contributed by atoms with E-state index in [2.05, 4.69) is 10.3 Å². The first-order valence-corrected chi connectivity index (χ1v) is 7.41. The van der Waals surface area contributed by atoms with Crippen molar-refractivity contribution in [2.45, 2.75) is 13.1 Å². The van der Waals surface area contributed by atoms with Crippen LogP contribution >= 0.6 is 24.0 Å². The summed E-state index contributed by atoms with van der Waals surface area (Å²) in [7, 11) is 5.31. The Morgan fingerprint density at radius 1 is 1.17 bits per heavy atom. The Morgan fingerprint density at radius 2 is 1.88 bits per heavy atom. The maximum Gasteiger partial charge on any atom is 0.193 e. The van der Waals surface area contributed by atoms with E-state index in [1.807, 2.05) is 42.3 Å². The van der Waals surface area contributed by atoms with Gasteiger partial charge in [0.25, 0.3) is 0 Å². The summed E-state index contributed by atoms with van der Waals surface area (Å²) in [5, 5.41) is 3.30. The van der Waals surface area contributed by atoms with Crippen LogP contribution < -0.4 is 10.1 Å². The number of methoxy groups -OCH3 is 1. The number of hydrogen-bond donors (Lipinski definition) is 1. The van der Waals surface area contributed by atoms with Crippen LogP contribution in [-0.4, -0.2) is 32.1 Å². The van der Waals surface area contributed by atoms with E-state index in [1.54, 1.807) is 20.2 Å². The van der Waals surface area contributed by atoms with Gasteiger partial charge in [-0.25, -0.2) is 4.39 Å². The van der Waals surface area contributed by atoms with Gasteiger partial charge in [-0.2, -0.15) is 0 Å². The molecule has 24 heavy (non-hydrogen) atoms. The first-order valence-electron chi connectivity index (χ1n) is 7.41. The summed E-state index contributed by atoms with van der Waals surface area (Å²) in [6.45, 7) is 1.22. The van der Waals surface area contributed by atoms with Gasteiger partial charge in [0.05, 0.1) is 7.11 Å². The van der Waals surface area contributed by atoms with Crippen molar-refractivity contribution in [3.05, 3.63) is 65.5 Å². The average molecular weight is 443 g/mol. The molecule has 0 spiro atoms. The molecule has 2 aromatic rings. The maximum absolute atomic E-state index is 13.3. The molecule has 130 valence electrons. The number of nitrogens with zero attached hydrogens (tertiary/aromatic N) is 2. The lowest BCUT2D eigenvalue weighted by molar-refractivity contribution is 0.414. The van der Waals surface area contributed by atoms with Crippen molar-refractivity contribution in [2.75, 3.05) is 21.2 Å². The normalized spacial score (nSPS) is 10.8. The lowest BCUT2D eigenvalue weighted by Gasteiger charge is -2.22. The van der Waals surface area contributed by atoms with Crippen molar-refractivity contribution in [3.8, 4) is 5.75 Å². The Kier molecular flexibility index (Phi) is 8.53. The standard InChI is InChI=1S/C18H22FN3O.HI/c1-20-18(21-12-14-6-5-9-17(11-14)23-3)22(2)13-15-7-4-8-16(19)10-15;/h4-11H,12-13H2,1-3H3,(H,20,21);1H. The van der Waals surface area contributed by atoms with Gasteiger partial charge in [0.2, 0.25) is 0 Å². The lowest BCUT2D eigenvalue weighted by Crippen LogP contribution is -2.38. The highest BCUT2D eigenvalue weighted by Crippen LogP contribution is 2.12. The van der Waals surface area contributed by atoms with E-state index >= 15 is 0 Å². The van der Waals surface area contributed by atoms with Crippen LogP contribution in [0.2, 0.25) is 0 Å². The molecule has 0 atom stereocenters. The topological polar surface area (TPSA) is 36.9 Å². The molecule has 0 unspecified atom stereocenters. The monoisotopic (exact) mass is 443 g/mol. The van der Waals surface area contributed by atoms with Gasteiger partial charge in [-0.15, -0.1) is 24.0 Å². The summed E-state index contributed by atoms with van der Waals surface area (Å²) < 4.78 is 18.5. The van der Waals surface area contributed by atoms with Crippen LogP contribution in [0, 0.1) is 5.82 Å². The minimum atomic E-state index is -0.227. The van der Waals surface area contributed by atoms with Gasteiger partial charge in [-0.3, -0.25) is 4.99 Å². The average Bonchev–Trinajstić information content (AvgIpc) is 2.55. The van der Waals surface area contributed by atoms with Crippen LogP contribution in [0.15, 0.2) is 53.5 Å². The minimum Gasteiger partial charge on any atom is -0.497 e. The molecule has 0 aliphatic rings. The van der Waals surface area contributed by atoms with Crippen LogP contribution in [0.1, 0.15) is 11.1 Å². The Bertz CT molecular complexity index is 679. The molecule has 0 radical (unpaired) electrons. The van der Waals surface area contributed by atoms with Crippen molar-refractivity contribution in [2.24, 2.45) is 4.99 Å². The SMILES string of the molecule is CN=C(NCc1cccc(OC)c1)N(C)Cc1cccc(F)c1.I. The van der Waals surface area contributed by atoms with Crippen molar-refractivity contribution in [3.63, 3.8) is 0 Å². The van der Waals surface area contributed by atoms with E-state index in [4.69, 9.17) is 4.74 Å². The zero-order valence-electron chi connectivity index (χ0n) is 14.1. The van der Waals surface area contributed by atoms with Gasteiger partial charge < -0.3 is 15.0 Å². The summed E-state index contributed by atoms with van der Waals surface area (Å²) in [4.78, 5) is 6.22. The summed E-state index contributed by atoms with van der Waals surface area (Å²) in [6, 6.07) is 14.5. The van der Waals surface area contributed by atoms with E-state index in [9.17, 15) is 4.39 Å². The highest BCUT2D eigenvalue weighted by Gasteiger charge is 2.07. The third kappa shape index (κ3) is 5.99. The van der Waals surface area contributed by atoms with E-state index in [1.165, 1.54) is 12.1 Å². The van der Waals surface area contributed by atoms with Crippen molar-refractivity contribution in [1.29, 1.82) is 0 Å². The fourth-order valence-electron chi connectivity index (χ4n) is 2.33. The van der Waals surface area contributed by atoms with Crippen molar-refractivity contribution >= 4 is 29.9 Å². The summed E-state index contributed by atoms with van der Waals surface area (Å²) in [5.41, 5.74) is 2.00. The predicted molar refractivity (Wildman–Crippen MR) is 106 cm³/mol. The zero-order chi connectivity index (χ0) is 16.7. The summed E-state index contributed by atoms with van der Waals surface area (Å²) in [5.74, 6) is 1.35. The molecular formula is C18H23FIN3O. The van der Waals surface area contributed by atoms with Gasteiger partial charge in [0.1, 0.15) is 11.6 Å². The Labute approximate surface area is 159 Å². The smallest absolute Gasteiger partial charge is 0.193 e. The largest absolute Gasteiger partial charge is 0.497 e. The van der Waals surface area contributed by atoms with Gasteiger partial charge >= 0.3 is 0 Å². The third-order valence-electron chi connectivity index (χ3n) is 3.47. The van der Waals surface area contributed by atoms with Crippen LogP contribution in [-0.2, 0) is 13.1 Å². The van der Waals surface area contributed by atoms with Gasteiger partial charge in [0.15, 0.2) is 5.96 Å². The Hall–Kier alpha value is -1.83. The van der Waals surface area contributed by atoms with E-state index in [-0.39, 0.29) is 29.8 Å². The second kappa shape index (κ2) is 10.1. The third-order valence-corrected chi connectivity index (χ3v) is 3.47. The van der Waals surface area contributed by atoms with Crippen LogP contribution in [0.4, 0.5) is 4.39 Å². The molecule has 0 saturated heterocycles. The maximum atomic E-state index is 13.3. The van der Waals surface area contributed by atoms with Gasteiger partial charge in [-0.1, -0.05) is 24.3 Å². The van der Waals surface area contributed by atoms with Crippen LogP contribution in [0.5, 0.6) is 5.75 Å². The fraction of sp³-hybridized carbons (Fsp3) is 0.278. The predicted octanol–water partition coefficient (Wildman–Crippen LogP) is 3.66. The lowest BCUT2D eigenvalue weighted by atomic mass is 10.2. The van der Waals surface area contributed by atoms with E-state index in [0.717, 1.165) is 22.8 Å². The fourth-order valence-corrected chi connectivity index (χ4v) is 2.33. The molecule has 0 bridgehead atoms. The molecular weight excluding hydrogens is 420 g/mol. The number of ether oxygens (including phenoxy) is 1. The molecule has 0 fully saturated rings. The highest BCUT2D eigenvalue weighted by molar-refractivity contribution is 14.0. The molecule has 0 aliphatic heterocycles. The first kappa shape index (κ1) is 20.2. The molecule has 2 aromatic carbocycles.